The molecule has 21 heavy (non-hydrogen) atoms. The second-order valence-electron chi connectivity index (χ2n) is 4.64. The second kappa shape index (κ2) is 6.67. The molecule has 0 radical (unpaired) electrons. The van der Waals surface area contributed by atoms with Gasteiger partial charge in [0.2, 0.25) is 5.91 Å². The highest BCUT2D eigenvalue weighted by molar-refractivity contribution is 6.02. The Kier molecular flexibility index (Phi) is 4.68. The molecule has 2 aromatic rings. The zero-order valence-corrected chi connectivity index (χ0v) is 11.3. The van der Waals surface area contributed by atoms with Crippen LogP contribution in [0.3, 0.4) is 0 Å². The molecule has 4 N–H and O–H groups in total. The number of nitrogens with one attached hydrogen (secondary N) is 1. The van der Waals surface area contributed by atoms with Crippen LogP contribution < -0.4 is 11.1 Å². The summed E-state index contributed by atoms with van der Waals surface area (Å²) >= 11 is 0. The Morgan fingerprint density at radius 1 is 1.05 bits per heavy atom. The van der Waals surface area contributed by atoms with Gasteiger partial charge in [0, 0.05) is 0 Å². The van der Waals surface area contributed by atoms with E-state index in [0.717, 1.165) is 5.56 Å². The van der Waals surface area contributed by atoms with Gasteiger partial charge in [-0.3, -0.25) is 4.79 Å². The van der Waals surface area contributed by atoms with Crippen molar-refractivity contribution in [2.45, 2.75) is 12.5 Å². The molecule has 0 heterocycles. The average molecular weight is 284 g/mol. The van der Waals surface area contributed by atoms with Crippen molar-refractivity contribution in [3.8, 4) is 0 Å². The highest BCUT2D eigenvalue weighted by Gasteiger charge is 2.17. The van der Waals surface area contributed by atoms with Crippen molar-refractivity contribution >= 4 is 17.6 Å². The van der Waals surface area contributed by atoms with Gasteiger partial charge in [-0.25, -0.2) is 4.79 Å². The average Bonchev–Trinajstić information content (AvgIpc) is 2.48. The SMILES string of the molecule is N[C@H](Cc1ccccc1)C(=O)Nc1ccccc1C(=O)O. The lowest BCUT2D eigenvalue weighted by Gasteiger charge is -2.13. The fraction of sp³-hybridized carbons (Fsp3) is 0.125. The van der Waals surface area contributed by atoms with E-state index in [1.165, 1.54) is 12.1 Å². The topological polar surface area (TPSA) is 92.4 Å². The number of benzene rings is 2. The first kappa shape index (κ1) is 14.7. The number of hydrogen-bond donors (Lipinski definition) is 3. The minimum atomic E-state index is -1.09. The van der Waals surface area contributed by atoms with Crippen LogP contribution in [0.25, 0.3) is 0 Å². The van der Waals surface area contributed by atoms with Gasteiger partial charge in [-0.05, 0) is 24.1 Å². The quantitative estimate of drug-likeness (QED) is 0.781. The Balaban J connectivity index is 2.06. The van der Waals surface area contributed by atoms with Gasteiger partial charge in [-0.2, -0.15) is 0 Å². The zero-order valence-electron chi connectivity index (χ0n) is 11.3. The van der Waals surface area contributed by atoms with E-state index in [0.29, 0.717) is 6.42 Å². The monoisotopic (exact) mass is 284 g/mol. The molecule has 0 saturated heterocycles. The number of rotatable bonds is 5. The summed E-state index contributed by atoms with van der Waals surface area (Å²) in [6.07, 6.45) is 0.391. The molecule has 0 fully saturated rings. The number of aromatic carboxylic acids is 1. The molecule has 2 rings (SSSR count). The summed E-state index contributed by atoms with van der Waals surface area (Å²) in [5.74, 6) is -1.50. The third-order valence-corrected chi connectivity index (χ3v) is 3.05. The zero-order chi connectivity index (χ0) is 15.2. The first-order chi connectivity index (χ1) is 10.1. The van der Waals surface area contributed by atoms with Gasteiger partial charge in [-0.1, -0.05) is 42.5 Å². The maximum Gasteiger partial charge on any atom is 0.337 e. The van der Waals surface area contributed by atoms with Crippen LogP contribution in [0.4, 0.5) is 5.69 Å². The summed E-state index contributed by atoms with van der Waals surface area (Å²) in [6.45, 7) is 0. The molecule has 5 heteroatoms. The Morgan fingerprint density at radius 2 is 1.67 bits per heavy atom. The number of carbonyl (C=O) groups is 2. The summed E-state index contributed by atoms with van der Waals surface area (Å²) in [5, 5.41) is 11.6. The molecular weight excluding hydrogens is 268 g/mol. The third-order valence-electron chi connectivity index (χ3n) is 3.05. The van der Waals surface area contributed by atoms with Crippen LogP contribution >= 0.6 is 0 Å². The first-order valence-electron chi connectivity index (χ1n) is 6.50. The highest BCUT2D eigenvalue weighted by Crippen LogP contribution is 2.15. The lowest BCUT2D eigenvalue weighted by atomic mass is 10.1. The van der Waals surface area contributed by atoms with Gasteiger partial charge in [0.25, 0.3) is 0 Å². The van der Waals surface area contributed by atoms with Gasteiger partial charge in [0.1, 0.15) is 0 Å². The van der Waals surface area contributed by atoms with E-state index in [9.17, 15) is 9.59 Å². The Hall–Kier alpha value is -2.66. The number of carboxylic acid groups (broad SMARTS) is 1. The van der Waals surface area contributed by atoms with Crippen LogP contribution in [-0.2, 0) is 11.2 Å². The molecule has 0 aliphatic carbocycles. The van der Waals surface area contributed by atoms with Crippen molar-refractivity contribution in [2.24, 2.45) is 5.73 Å². The summed E-state index contributed by atoms with van der Waals surface area (Å²) < 4.78 is 0. The van der Waals surface area contributed by atoms with E-state index >= 15 is 0 Å². The van der Waals surface area contributed by atoms with Crippen LogP contribution in [0.5, 0.6) is 0 Å². The molecule has 0 saturated carbocycles. The molecule has 0 bridgehead atoms. The Bertz CT molecular complexity index is 641. The first-order valence-corrected chi connectivity index (χ1v) is 6.50. The molecule has 0 aliphatic heterocycles. The fourth-order valence-corrected chi connectivity index (χ4v) is 1.96. The van der Waals surface area contributed by atoms with E-state index in [4.69, 9.17) is 10.8 Å². The predicted octanol–water partition coefficient (Wildman–Crippen LogP) is 1.89. The van der Waals surface area contributed by atoms with E-state index in [2.05, 4.69) is 5.32 Å². The molecule has 0 spiro atoms. The highest BCUT2D eigenvalue weighted by atomic mass is 16.4. The van der Waals surface area contributed by atoms with E-state index in [1.807, 2.05) is 30.3 Å². The third kappa shape index (κ3) is 3.90. The molecule has 108 valence electrons. The predicted molar refractivity (Wildman–Crippen MR) is 80.2 cm³/mol. The minimum absolute atomic E-state index is 0.0396. The lowest BCUT2D eigenvalue weighted by molar-refractivity contribution is -0.117. The van der Waals surface area contributed by atoms with Crippen LogP contribution in [0.2, 0.25) is 0 Å². The van der Waals surface area contributed by atoms with Crippen molar-refractivity contribution in [2.75, 3.05) is 5.32 Å². The van der Waals surface area contributed by atoms with Crippen LogP contribution in [0, 0.1) is 0 Å². The van der Waals surface area contributed by atoms with Crippen LogP contribution in [0.1, 0.15) is 15.9 Å². The Labute approximate surface area is 122 Å². The number of para-hydroxylation sites is 1. The largest absolute Gasteiger partial charge is 0.478 e. The molecule has 0 unspecified atom stereocenters. The van der Waals surface area contributed by atoms with Gasteiger partial charge >= 0.3 is 5.97 Å². The standard InChI is InChI=1S/C16H16N2O3/c17-13(10-11-6-2-1-3-7-11)15(19)18-14-9-5-4-8-12(14)16(20)21/h1-9,13H,10,17H2,(H,18,19)(H,20,21)/t13-/m1/s1. The maximum absolute atomic E-state index is 12.1. The van der Waals surface area contributed by atoms with Gasteiger partial charge in [-0.15, -0.1) is 0 Å². The van der Waals surface area contributed by atoms with Crippen molar-refractivity contribution < 1.29 is 14.7 Å². The Morgan fingerprint density at radius 3 is 2.33 bits per heavy atom. The van der Waals surface area contributed by atoms with Crippen molar-refractivity contribution in [3.05, 3.63) is 65.7 Å². The maximum atomic E-state index is 12.1. The molecular formula is C16H16N2O3. The molecule has 0 aromatic heterocycles. The number of anilines is 1. The number of hydrogen-bond acceptors (Lipinski definition) is 3. The van der Waals surface area contributed by atoms with E-state index in [1.54, 1.807) is 12.1 Å². The number of carboxylic acids is 1. The van der Waals surface area contributed by atoms with E-state index < -0.39 is 17.9 Å². The fourth-order valence-electron chi connectivity index (χ4n) is 1.96. The van der Waals surface area contributed by atoms with Crippen molar-refractivity contribution in [1.82, 2.24) is 0 Å². The van der Waals surface area contributed by atoms with Gasteiger partial charge in [0.05, 0.1) is 17.3 Å². The summed E-state index contributed by atoms with van der Waals surface area (Å²) in [6, 6.07) is 14.9. The molecule has 1 amide bonds. The van der Waals surface area contributed by atoms with Crippen LogP contribution in [0.15, 0.2) is 54.6 Å². The molecule has 5 nitrogen and oxygen atoms in total. The van der Waals surface area contributed by atoms with Gasteiger partial charge < -0.3 is 16.2 Å². The number of nitrogens with two attached hydrogens (primary N) is 1. The molecule has 2 aromatic carbocycles. The summed E-state index contributed by atoms with van der Waals surface area (Å²) in [4.78, 5) is 23.1. The van der Waals surface area contributed by atoms with Gasteiger partial charge in [0.15, 0.2) is 0 Å². The smallest absolute Gasteiger partial charge is 0.337 e. The lowest BCUT2D eigenvalue weighted by Crippen LogP contribution is -2.37. The molecule has 1 atom stereocenters. The van der Waals surface area contributed by atoms with Crippen molar-refractivity contribution in [1.29, 1.82) is 0 Å². The summed E-state index contributed by atoms with van der Waals surface area (Å²) in [7, 11) is 0. The summed E-state index contributed by atoms with van der Waals surface area (Å²) in [5.41, 5.74) is 7.10. The number of carbonyl (C=O) groups excluding carboxylic acids is 1. The molecule has 0 aliphatic rings. The van der Waals surface area contributed by atoms with E-state index in [-0.39, 0.29) is 11.3 Å². The van der Waals surface area contributed by atoms with Crippen LogP contribution in [-0.4, -0.2) is 23.0 Å². The number of amides is 1. The van der Waals surface area contributed by atoms with Crippen molar-refractivity contribution in [3.63, 3.8) is 0 Å². The minimum Gasteiger partial charge on any atom is -0.478 e. The normalized spacial score (nSPS) is 11.7. The second-order valence-corrected chi connectivity index (χ2v) is 4.64.